The smallest absolute Gasteiger partial charge is 0.0732 e. The summed E-state index contributed by atoms with van der Waals surface area (Å²) >= 11 is 0. The lowest BCUT2D eigenvalue weighted by molar-refractivity contribution is 0.213. The monoisotopic (exact) mass is 324 g/mol. The summed E-state index contributed by atoms with van der Waals surface area (Å²) in [5.74, 6) is 1.53. The SMILES string of the molecule is C=C1C(c2ccccc2)=C([Si](C)(C)C)C[C@@]2(CC)C[C@@H](C)C[C@H]12. The Morgan fingerprint density at radius 3 is 2.39 bits per heavy atom. The van der Waals surface area contributed by atoms with Crippen molar-refractivity contribution < 1.29 is 0 Å². The van der Waals surface area contributed by atoms with E-state index >= 15 is 0 Å². The number of hydrogen-bond donors (Lipinski definition) is 0. The maximum Gasteiger partial charge on any atom is 0.0732 e. The van der Waals surface area contributed by atoms with Crippen LogP contribution in [-0.2, 0) is 0 Å². The van der Waals surface area contributed by atoms with Gasteiger partial charge in [0, 0.05) is 0 Å². The van der Waals surface area contributed by atoms with E-state index in [0.717, 1.165) is 5.92 Å². The number of fused-ring (bicyclic) bond motifs is 1. The van der Waals surface area contributed by atoms with Gasteiger partial charge in [-0.2, -0.15) is 0 Å². The summed E-state index contributed by atoms with van der Waals surface area (Å²) in [6, 6.07) is 11.1. The first-order chi connectivity index (χ1) is 10.8. The van der Waals surface area contributed by atoms with Gasteiger partial charge < -0.3 is 0 Å². The molecule has 0 aromatic heterocycles. The van der Waals surface area contributed by atoms with Crippen LogP contribution in [0.15, 0.2) is 47.7 Å². The Bertz CT molecular complexity index is 632. The van der Waals surface area contributed by atoms with Gasteiger partial charge in [-0.1, -0.05) is 75.6 Å². The molecule has 0 spiro atoms. The van der Waals surface area contributed by atoms with E-state index in [4.69, 9.17) is 0 Å². The van der Waals surface area contributed by atoms with Gasteiger partial charge in [0.2, 0.25) is 0 Å². The van der Waals surface area contributed by atoms with Crippen LogP contribution in [0.1, 0.15) is 45.1 Å². The van der Waals surface area contributed by atoms with Gasteiger partial charge in [-0.25, -0.2) is 0 Å². The molecule has 0 unspecified atom stereocenters. The summed E-state index contributed by atoms with van der Waals surface area (Å²) in [6.07, 6.45) is 5.35. The van der Waals surface area contributed by atoms with E-state index in [2.05, 4.69) is 70.4 Å². The third-order valence-corrected chi connectivity index (χ3v) is 8.61. The molecule has 0 N–H and O–H groups in total. The van der Waals surface area contributed by atoms with Gasteiger partial charge in [0.1, 0.15) is 0 Å². The van der Waals surface area contributed by atoms with Crippen molar-refractivity contribution in [1.29, 1.82) is 0 Å². The fraction of sp³-hybridized carbons (Fsp3) is 0.545. The molecule has 23 heavy (non-hydrogen) atoms. The molecule has 2 aliphatic carbocycles. The predicted molar refractivity (Wildman–Crippen MR) is 105 cm³/mol. The van der Waals surface area contributed by atoms with Gasteiger partial charge in [0.05, 0.1) is 8.07 Å². The number of rotatable bonds is 3. The largest absolute Gasteiger partial charge is 0.0949 e. The highest BCUT2D eigenvalue weighted by Gasteiger charge is 2.51. The van der Waals surface area contributed by atoms with E-state index in [1.165, 1.54) is 42.4 Å². The van der Waals surface area contributed by atoms with Crippen LogP contribution in [-0.4, -0.2) is 8.07 Å². The minimum atomic E-state index is -1.37. The van der Waals surface area contributed by atoms with Crippen molar-refractivity contribution in [3.63, 3.8) is 0 Å². The van der Waals surface area contributed by atoms with Crippen LogP contribution < -0.4 is 0 Å². The van der Waals surface area contributed by atoms with Crippen molar-refractivity contribution in [2.24, 2.45) is 17.3 Å². The number of benzene rings is 1. The minimum absolute atomic E-state index is 0.490. The molecule has 0 amide bonds. The Balaban J connectivity index is 2.19. The lowest BCUT2D eigenvalue weighted by atomic mass is 9.64. The molecule has 0 aliphatic heterocycles. The molecule has 0 radical (unpaired) electrons. The van der Waals surface area contributed by atoms with Crippen LogP contribution in [0.25, 0.3) is 5.57 Å². The van der Waals surface area contributed by atoms with Crippen LogP contribution in [0, 0.1) is 17.3 Å². The first-order valence-electron chi connectivity index (χ1n) is 9.27. The Morgan fingerprint density at radius 1 is 1.17 bits per heavy atom. The molecule has 1 aromatic carbocycles. The van der Waals surface area contributed by atoms with Gasteiger partial charge in [-0.3, -0.25) is 0 Å². The molecule has 1 saturated carbocycles. The third-order valence-electron chi connectivity index (χ3n) is 6.38. The standard InChI is InChI=1S/C22H32Si/c1-7-22-14-16(2)13-19(22)17(3)21(18-11-9-8-10-12-18)20(15-22)23(4,5)6/h8-12,16,19H,3,7,13-15H2,1-2,4-6H3/t16-,19+,22+/m0/s1. The summed E-state index contributed by atoms with van der Waals surface area (Å²) < 4.78 is 0. The zero-order valence-electron chi connectivity index (χ0n) is 15.6. The Hall–Kier alpha value is -1.08. The fourth-order valence-electron chi connectivity index (χ4n) is 5.21. The zero-order chi connectivity index (χ0) is 16.8. The molecule has 124 valence electrons. The average Bonchev–Trinajstić information content (AvgIpc) is 2.84. The molecular weight excluding hydrogens is 292 g/mol. The van der Waals surface area contributed by atoms with Crippen molar-refractivity contribution in [1.82, 2.24) is 0 Å². The molecule has 1 fully saturated rings. The van der Waals surface area contributed by atoms with Gasteiger partial charge in [0.15, 0.2) is 0 Å². The third kappa shape index (κ3) is 2.78. The molecule has 2 aliphatic rings. The summed E-state index contributed by atoms with van der Waals surface area (Å²) in [5, 5.41) is 1.76. The van der Waals surface area contributed by atoms with Gasteiger partial charge in [-0.05, 0) is 59.6 Å². The van der Waals surface area contributed by atoms with Crippen molar-refractivity contribution in [3.05, 3.63) is 53.2 Å². The van der Waals surface area contributed by atoms with E-state index < -0.39 is 8.07 Å². The maximum atomic E-state index is 4.67. The van der Waals surface area contributed by atoms with E-state index in [9.17, 15) is 0 Å². The van der Waals surface area contributed by atoms with Crippen molar-refractivity contribution in [2.75, 3.05) is 0 Å². The molecule has 1 heteroatoms. The summed E-state index contributed by atoms with van der Waals surface area (Å²) in [4.78, 5) is 0. The highest BCUT2D eigenvalue weighted by atomic mass is 28.3. The zero-order valence-corrected chi connectivity index (χ0v) is 16.6. The molecular formula is C22H32Si. The van der Waals surface area contributed by atoms with Crippen molar-refractivity contribution >= 4 is 13.6 Å². The second-order valence-corrected chi connectivity index (χ2v) is 14.1. The molecule has 0 saturated heterocycles. The van der Waals surface area contributed by atoms with Gasteiger partial charge in [0.25, 0.3) is 0 Å². The summed E-state index contributed by atoms with van der Waals surface area (Å²) in [5.41, 5.74) is 4.88. The van der Waals surface area contributed by atoms with Crippen LogP contribution >= 0.6 is 0 Å². The topological polar surface area (TPSA) is 0 Å². The summed E-state index contributed by atoms with van der Waals surface area (Å²) in [7, 11) is -1.37. The summed E-state index contributed by atoms with van der Waals surface area (Å²) in [6.45, 7) is 17.1. The lowest BCUT2D eigenvalue weighted by Crippen LogP contribution is -2.38. The first-order valence-corrected chi connectivity index (χ1v) is 12.8. The van der Waals surface area contributed by atoms with Crippen molar-refractivity contribution in [2.45, 2.75) is 59.2 Å². The van der Waals surface area contributed by atoms with E-state index in [-0.39, 0.29) is 0 Å². The molecule has 1 aromatic rings. The van der Waals surface area contributed by atoms with Crippen molar-refractivity contribution in [3.8, 4) is 0 Å². The molecule has 3 atom stereocenters. The average molecular weight is 325 g/mol. The minimum Gasteiger partial charge on any atom is -0.0949 e. The van der Waals surface area contributed by atoms with Crippen LogP contribution in [0.4, 0.5) is 0 Å². The van der Waals surface area contributed by atoms with E-state index in [1.807, 2.05) is 0 Å². The molecule has 0 nitrogen and oxygen atoms in total. The van der Waals surface area contributed by atoms with Crippen LogP contribution in [0.2, 0.25) is 19.6 Å². The quantitative estimate of drug-likeness (QED) is 0.541. The van der Waals surface area contributed by atoms with Gasteiger partial charge in [-0.15, -0.1) is 0 Å². The van der Waals surface area contributed by atoms with Crippen LogP contribution in [0.3, 0.4) is 0 Å². The number of allylic oxidation sites excluding steroid dienone is 3. The molecule has 3 rings (SSSR count). The Morgan fingerprint density at radius 2 is 1.83 bits per heavy atom. The lowest BCUT2D eigenvalue weighted by Gasteiger charge is -2.46. The van der Waals surface area contributed by atoms with Crippen LogP contribution in [0.5, 0.6) is 0 Å². The predicted octanol–water partition coefficient (Wildman–Crippen LogP) is 6.72. The first kappa shape index (κ1) is 16.8. The van der Waals surface area contributed by atoms with Gasteiger partial charge >= 0.3 is 0 Å². The maximum absolute atomic E-state index is 4.67. The highest BCUT2D eigenvalue weighted by Crippen LogP contribution is 2.61. The number of hydrogen-bond acceptors (Lipinski definition) is 0. The van der Waals surface area contributed by atoms with E-state index in [0.29, 0.717) is 11.3 Å². The Kier molecular flexibility index (Phi) is 4.21. The second kappa shape index (κ2) is 5.77. The van der Waals surface area contributed by atoms with E-state index in [1.54, 1.807) is 5.20 Å². The Labute approximate surface area is 143 Å². The fourth-order valence-corrected chi connectivity index (χ4v) is 7.15. The molecule has 0 bridgehead atoms. The highest BCUT2D eigenvalue weighted by molar-refractivity contribution is 6.84. The second-order valence-electron chi connectivity index (χ2n) is 8.99. The normalized spacial score (nSPS) is 31.4. The molecule has 0 heterocycles.